The van der Waals surface area contributed by atoms with Gasteiger partial charge in [0, 0.05) is 24.9 Å². The summed E-state index contributed by atoms with van der Waals surface area (Å²) in [6.45, 7) is 7.54. The first-order chi connectivity index (χ1) is 8.15. The first kappa shape index (κ1) is 13.6. The smallest absolute Gasteiger partial charge is 0.224 e. The van der Waals surface area contributed by atoms with Crippen molar-refractivity contribution in [2.45, 2.75) is 26.8 Å². The molecular formula is C13H21N3O. The summed E-state index contributed by atoms with van der Waals surface area (Å²) in [7, 11) is 0. The molecule has 0 aromatic carbocycles. The minimum atomic E-state index is -0.0146. The molecule has 1 rings (SSSR count). The first-order valence-electron chi connectivity index (χ1n) is 6.06. The molecule has 1 aromatic heterocycles. The monoisotopic (exact) mass is 235 g/mol. The zero-order chi connectivity index (χ0) is 12.7. The van der Waals surface area contributed by atoms with E-state index in [0.717, 1.165) is 12.1 Å². The van der Waals surface area contributed by atoms with Gasteiger partial charge in [0.25, 0.3) is 0 Å². The van der Waals surface area contributed by atoms with Crippen LogP contribution in [0.1, 0.15) is 32.4 Å². The molecule has 4 heteroatoms. The number of carbonyl (C=O) groups excluding carboxylic acids is 1. The fourth-order valence-corrected chi connectivity index (χ4v) is 1.54. The lowest BCUT2D eigenvalue weighted by atomic mass is 10.1. The molecule has 0 aliphatic carbocycles. The second kappa shape index (κ2) is 7.01. The van der Waals surface area contributed by atoms with Crippen LogP contribution in [0.15, 0.2) is 24.5 Å². The molecule has 1 amide bonds. The van der Waals surface area contributed by atoms with Crippen molar-refractivity contribution in [3.63, 3.8) is 0 Å². The minimum Gasteiger partial charge on any atom is -0.349 e. The van der Waals surface area contributed by atoms with Crippen LogP contribution in [-0.4, -0.2) is 24.0 Å². The number of hydrogen-bond donors (Lipinski definition) is 2. The van der Waals surface area contributed by atoms with Crippen LogP contribution in [0.25, 0.3) is 0 Å². The number of carbonyl (C=O) groups is 1. The zero-order valence-electron chi connectivity index (χ0n) is 10.7. The van der Waals surface area contributed by atoms with Crippen molar-refractivity contribution in [2.75, 3.05) is 13.1 Å². The highest BCUT2D eigenvalue weighted by Crippen LogP contribution is 2.10. The molecule has 0 spiro atoms. The molecule has 94 valence electrons. The van der Waals surface area contributed by atoms with E-state index in [1.165, 1.54) is 0 Å². The molecule has 1 aromatic rings. The van der Waals surface area contributed by atoms with Gasteiger partial charge in [-0.1, -0.05) is 13.8 Å². The summed E-state index contributed by atoms with van der Waals surface area (Å²) in [5.41, 5.74) is 1.07. The first-order valence-corrected chi connectivity index (χ1v) is 6.06. The minimum absolute atomic E-state index is 0.0146. The summed E-state index contributed by atoms with van der Waals surface area (Å²) in [5.74, 6) is 0.0644. The molecule has 0 fully saturated rings. The third-order valence-electron chi connectivity index (χ3n) is 2.71. The standard InChI is InChI=1S/C13H21N3O/c1-4-14-9-10(2)13(17)16-11(3)12-5-7-15-8-6-12/h5-8,10-11,14H,4,9H2,1-3H3,(H,16,17)/t10?,11-/m0/s1. The van der Waals surface area contributed by atoms with Crippen molar-refractivity contribution < 1.29 is 4.79 Å². The van der Waals surface area contributed by atoms with E-state index in [0.29, 0.717) is 6.54 Å². The van der Waals surface area contributed by atoms with E-state index in [4.69, 9.17) is 0 Å². The molecule has 4 nitrogen and oxygen atoms in total. The van der Waals surface area contributed by atoms with Crippen LogP contribution in [0.5, 0.6) is 0 Å². The molecule has 2 N–H and O–H groups in total. The molecule has 1 unspecified atom stereocenters. The Hall–Kier alpha value is -1.42. The van der Waals surface area contributed by atoms with Gasteiger partial charge in [-0.2, -0.15) is 0 Å². The lowest BCUT2D eigenvalue weighted by Gasteiger charge is -2.17. The maximum absolute atomic E-state index is 11.9. The van der Waals surface area contributed by atoms with Crippen molar-refractivity contribution >= 4 is 5.91 Å². The van der Waals surface area contributed by atoms with Crippen LogP contribution in [-0.2, 0) is 4.79 Å². The highest BCUT2D eigenvalue weighted by Gasteiger charge is 2.15. The lowest BCUT2D eigenvalue weighted by Crippen LogP contribution is -2.36. The van der Waals surface area contributed by atoms with Gasteiger partial charge in [0.05, 0.1) is 6.04 Å². The number of nitrogens with one attached hydrogen (secondary N) is 2. The van der Waals surface area contributed by atoms with Crippen molar-refractivity contribution in [3.05, 3.63) is 30.1 Å². The SMILES string of the molecule is CCNCC(C)C(=O)N[C@@H](C)c1ccncc1. The number of rotatable bonds is 6. The highest BCUT2D eigenvalue weighted by molar-refractivity contribution is 5.78. The Morgan fingerprint density at radius 1 is 1.35 bits per heavy atom. The zero-order valence-corrected chi connectivity index (χ0v) is 10.7. The third-order valence-corrected chi connectivity index (χ3v) is 2.71. The third kappa shape index (κ3) is 4.53. The summed E-state index contributed by atoms with van der Waals surface area (Å²) >= 11 is 0. The van der Waals surface area contributed by atoms with Gasteiger partial charge < -0.3 is 10.6 Å². The van der Waals surface area contributed by atoms with Crippen LogP contribution in [0.4, 0.5) is 0 Å². The highest BCUT2D eigenvalue weighted by atomic mass is 16.1. The van der Waals surface area contributed by atoms with Crippen LogP contribution >= 0.6 is 0 Å². The Bertz CT molecular complexity index is 340. The number of nitrogens with zero attached hydrogens (tertiary/aromatic N) is 1. The summed E-state index contributed by atoms with van der Waals surface area (Å²) in [4.78, 5) is 15.8. The van der Waals surface area contributed by atoms with Crippen LogP contribution in [0.3, 0.4) is 0 Å². The maximum atomic E-state index is 11.9. The predicted molar refractivity (Wildman–Crippen MR) is 68.5 cm³/mol. The topological polar surface area (TPSA) is 54.0 Å². The van der Waals surface area contributed by atoms with Gasteiger partial charge in [0.1, 0.15) is 0 Å². The average molecular weight is 235 g/mol. The van der Waals surface area contributed by atoms with Crippen LogP contribution < -0.4 is 10.6 Å². The number of hydrogen-bond acceptors (Lipinski definition) is 3. The Morgan fingerprint density at radius 3 is 2.59 bits per heavy atom. The molecule has 2 atom stereocenters. The van der Waals surface area contributed by atoms with E-state index in [9.17, 15) is 4.79 Å². The number of pyridine rings is 1. The molecule has 0 saturated heterocycles. The van der Waals surface area contributed by atoms with E-state index in [1.54, 1.807) is 12.4 Å². The molecular weight excluding hydrogens is 214 g/mol. The fourth-order valence-electron chi connectivity index (χ4n) is 1.54. The lowest BCUT2D eigenvalue weighted by molar-refractivity contribution is -0.125. The average Bonchev–Trinajstić information content (AvgIpc) is 2.36. The van der Waals surface area contributed by atoms with Crippen LogP contribution in [0, 0.1) is 5.92 Å². The van der Waals surface area contributed by atoms with Gasteiger partial charge >= 0.3 is 0 Å². The molecule has 0 radical (unpaired) electrons. The number of amides is 1. The van der Waals surface area contributed by atoms with Gasteiger partial charge in [-0.3, -0.25) is 9.78 Å². The van der Waals surface area contributed by atoms with E-state index in [2.05, 4.69) is 15.6 Å². The fraction of sp³-hybridized carbons (Fsp3) is 0.538. The Balaban J connectivity index is 2.46. The Kier molecular flexibility index (Phi) is 5.63. The second-order valence-corrected chi connectivity index (χ2v) is 4.22. The van der Waals surface area contributed by atoms with Crippen molar-refractivity contribution in [1.29, 1.82) is 0 Å². The molecule has 0 saturated carbocycles. The molecule has 17 heavy (non-hydrogen) atoms. The summed E-state index contributed by atoms with van der Waals surface area (Å²) in [6.07, 6.45) is 3.47. The van der Waals surface area contributed by atoms with Gasteiger partial charge in [0.15, 0.2) is 0 Å². The van der Waals surface area contributed by atoms with E-state index < -0.39 is 0 Å². The van der Waals surface area contributed by atoms with Gasteiger partial charge in [-0.15, -0.1) is 0 Å². The van der Waals surface area contributed by atoms with E-state index >= 15 is 0 Å². The Labute approximate surface area is 103 Å². The second-order valence-electron chi connectivity index (χ2n) is 4.22. The van der Waals surface area contributed by atoms with Crippen molar-refractivity contribution in [2.24, 2.45) is 5.92 Å². The largest absolute Gasteiger partial charge is 0.349 e. The van der Waals surface area contributed by atoms with Gasteiger partial charge in [0.2, 0.25) is 5.91 Å². The van der Waals surface area contributed by atoms with Crippen molar-refractivity contribution in [1.82, 2.24) is 15.6 Å². The van der Waals surface area contributed by atoms with E-state index in [1.807, 2.05) is 32.9 Å². The van der Waals surface area contributed by atoms with E-state index in [-0.39, 0.29) is 17.9 Å². The summed E-state index contributed by atoms with van der Waals surface area (Å²) in [6, 6.07) is 3.86. The maximum Gasteiger partial charge on any atom is 0.224 e. The van der Waals surface area contributed by atoms with Crippen LogP contribution in [0.2, 0.25) is 0 Å². The van der Waals surface area contributed by atoms with Gasteiger partial charge in [-0.05, 0) is 31.2 Å². The molecule has 0 aliphatic rings. The quantitative estimate of drug-likeness (QED) is 0.785. The molecule has 0 aliphatic heterocycles. The van der Waals surface area contributed by atoms with Gasteiger partial charge in [-0.25, -0.2) is 0 Å². The summed E-state index contributed by atoms with van der Waals surface area (Å²) in [5, 5.41) is 6.17. The summed E-state index contributed by atoms with van der Waals surface area (Å²) < 4.78 is 0. The molecule has 1 heterocycles. The number of aromatic nitrogens is 1. The normalized spacial score (nSPS) is 14.1. The van der Waals surface area contributed by atoms with Crippen molar-refractivity contribution in [3.8, 4) is 0 Å². The predicted octanol–water partition coefficient (Wildman–Crippen LogP) is 1.50. The molecule has 0 bridgehead atoms. The Morgan fingerprint density at radius 2 is 2.00 bits per heavy atom.